The number of rotatable bonds is 3. The number of amides is 1. The third-order valence-electron chi connectivity index (χ3n) is 4.04. The number of hydrazine groups is 1. The van der Waals surface area contributed by atoms with Crippen LogP contribution in [0.4, 0.5) is 0 Å². The molecular formula is C17H18N6O. The van der Waals surface area contributed by atoms with Crippen LogP contribution in [0.5, 0.6) is 0 Å². The van der Waals surface area contributed by atoms with Crippen LogP contribution in [0.25, 0.3) is 22.6 Å². The minimum Gasteiger partial charge on any atom is -0.337 e. The number of piperazine rings is 1. The molecule has 0 bridgehead atoms. The Morgan fingerprint density at radius 2 is 2.00 bits per heavy atom. The highest BCUT2D eigenvalue weighted by Crippen LogP contribution is 2.21. The van der Waals surface area contributed by atoms with Crippen LogP contribution >= 0.6 is 0 Å². The van der Waals surface area contributed by atoms with Gasteiger partial charge in [-0.2, -0.15) is 0 Å². The lowest BCUT2D eigenvalue weighted by Crippen LogP contribution is -2.52. The van der Waals surface area contributed by atoms with Crippen LogP contribution in [0.15, 0.2) is 42.6 Å². The Hall–Kier alpha value is -2.77. The fourth-order valence-electron chi connectivity index (χ4n) is 2.82. The lowest BCUT2D eigenvalue weighted by molar-refractivity contribution is 0.0766. The summed E-state index contributed by atoms with van der Waals surface area (Å²) in [6.45, 7) is 3.33. The van der Waals surface area contributed by atoms with Crippen molar-refractivity contribution in [3.63, 3.8) is 0 Å². The van der Waals surface area contributed by atoms with Crippen LogP contribution in [0.1, 0.15) is 10.4 Å². The summed E-state index contributed by atoms with van der Waals surface area (Å²) >= 11 is 0. The van der Waals surface area contributed by atoms with Crippen LogP contribution in [0.2, 0.25) is 0 Å². The third-order valence-corrected chi connectivity index (χ3v) is 4.04. The summed E-state index contributed by atoms with van der Waals surface area (Å²) < 4.78 is 0. The predicted octanol–water partition coefficient (Wildman–Crippen LogP) is 1.17. The zero-order valence-corrected chi connectivity index (χ0v) is 13.1. The summed E-state index contributed by atoms with van der Waals surface area (Å²) in [5, 5.41) is 5.20. The van der Waals surface area contributed by atoms with Crippen molar-refractivity contribution in [2.24, 2.45) is 0 Å². The van der Waals surface area contributed by atoms with E-state index in [-0.39, 0.29) is 5.91 Å². The van der Waals surface area contributed by atoms with Gasteiger partial charge >= 0.3 is 0 Å². The summed E-state index contributed by atoms with van der Waals surface area (Å²) in [4.78, 5) is 24.8. The van der Waals surface area contributed by atoms with Gasteiger partial charge in [0.05, 0.1) is 11.1 Å². The second-order valence-corrected chi connectivity index (χ2v) is 5.68. The average Bonchev–Trinajstić information content (AvgIpc) is 3.07. The molecule has 1 fully saturated rings. The SMILES string of the molecule is O=C(NN1CCNCC1)c1cccc2[nH]c(-c3ccccn3)nc12. The molecule has 7 nitrogen and oxygen atoms in total. The van der Waals surface area contributed by atoms with E-state index in [1.165, 1.54) is 0 Å². The highest BCUT2D eigenvalue weighted by molar-refractivity contribution is 6.05. The van der Waals surface area contributed by atoms with Crippen LogP contribution in [0, 0.1) is 0 Å². The van der Waals surface area contributed by atoms with Crippen molar-refractivity contribution in [2.45, 2.75) is 0 Å². The monoisotopic (exact) mass is 322 g/mol. The van der Waals surface area contributed by atoms with Crippen molar-refractivity contribution < 1.29 is 4.79 Å². The summed E-state index contributed by atoms with van der Waals surface area (Å²) in [6.07, 6.45) is 1.72. The molecule has 0 unspecified atom stereocenters. The van der Waals surface area contributed by atoms with E-state index in [2.05, 4.69) is 25.7 Å². The fraction of sp³-hybridized carbons (Fsp3) is 0.235. The van der Waals surface area contributed by atoms with Crippen molar-refractivity contribution in [3.8, 4) is 11.5 Å². The number of fused-ring (bicyclic) bond motifs is 1. The molecule has 7 heteroatoms. The average molecular weight is 322 g/mol. The number of aromatic amines is 1. The van der Waals surface area contributed by atoms with Gasteiger partial charge in [0.2, 0.25) is 0 Å². The third kappa shape index (κ3) is 2.86. The molecule has 24 heavy (non-hydrogen) atoms. The Balaban J connectivity index is 1.65. The van der Waals surface area contributed by atoms with Crippen molar-refractivity contribution in [1.82, 2.24) is 30.7 Å². The smallest absolute Gasteiger partial charge is 0.267 e. The molecular weight excluding hydrogens is 304 g/mol. The topological polar surface area (TPSA) is 85.9 Å². The first-order valence-corrected chi connectivity index (χ1v) is 7.98. The Bertz CT molecular complexity index is 854. The molecule has 0 aliphatic carbocycles. The maximum Gasteiger partial charge on any atom is 0.267 e. The Kier molecular flexibility index (Phi) is 3.94. The number of carbonyl (C=O) groups is 1. The molecule has 0 saturated carbocycles. The maximum absolute atomic E-state index is 12.6. The van der Waals surface area contributed by atoms with E-state index in [0.29, 0.717) is 16.9 Å². The van der Waals surface area contributed by atoms with E-state index >= 15 is 0 Å². The van der Waals surface area contributed by atoms with E-state index in [4.69, 9.17) is 0 Å². The highest BCUT2D eigenvalue weighted by Gasteiger charge is 2.18. The zero-order valence-electron chi connectivity index (χ0n) is 13.1. The second-order valence-electron chi connectivity index (χ2n) is 5.68. The molecule has 3 heterocycles. The van der Waals surface area contributed by atoms with Gasteiger partial charge in [0.1, 0.15) is 11.2 Å². The summed E-state index contributed by atoms with van der Waals surface area (Å²) in [5.74, 6) is 0.523. The first kappa shape index (κ1) is 14.8. The van der Waals surface area contributed by atoms with E-state index in [9.17, 15) is 4.79 Å². The number of imidazole rings is 1. The summed E-state index contributed by atoms with van der Waals surface area (Å²) in [7, 11) is 0. The Morgan fingerprint density at radius 3 is 2.79 bits per heavy atom. The number of benzene rings is 1. The van der Waals surface area contributed by atoms with Crippen molar-refractivity contribution in [3.05, 3.63) is 48.2 Å². The second kappa shape index (κ2) is 6.38. The van der Waals surface area contributed by atoms with E-state index in [0.717, 1.165) is 37.4 Å². The van der Waals surface area contributed by atoms with Crippen molar-refractivity contribution in [1.29, 1.82) is 0 Å². The van der Waals surface area contributed by atoms with Gasteiger partial charge in [-0.05, 0) is 24.3 Å². The number of pyridine rings is 1. The minimum absolute atomic E-state index is 0.137. The molecule has 1 aliphatic rings. The van der Waals surface area contributed by atoms with Crippen molar-refractivity contribution >= 4 is 16.9 Å². The first-order valence-electron chi connectivity index (χ1n) is 7.98. The standard InChI is InChI=1S/C17H18N6O/c24-17(22-23-10-8-18-9-11-23)12-4-3-6-13-15(12)21-16(20-13)14-5-1-2-7-19-14/h1-7,18H,8-11H2,(H,20,21)(H,22,24). The number of para-hydroxylation sites is 1. The largest absolute Gasteiger partial charge is 0.337 e. The number of aromatic nitrogens is 3. The molecule has 122 valence electrons. The number of nitrogens with one attached hydrogen (secondary N) is 3. The molecule has 0 spiro atoms. The number of hydrogen-bond donors (Lipinski definition) is 3. The van der Waals surface area contributed by atoms with Gasteiger partial charge in [-0.1, -0.05) is 12.1 Å². The predicted molar refractivity (Wildman–Crippen MR) is 91.2 cm³/mol. The number of hydrogen-bond acceptors (Lipinski definition) is 5. The first-order chi connectivity index (χ1) is 11.8. The number of H-pyrrole nitrogens is 1. The normalized spacial score (nSPS) is 15.5. The van der Waals surface area contributed by atoms with Gasteiger partial charge in [0.15, 0.2) is 5.82 Å². The zero-order chi connectivity index (χ0) is 16.4. The summed E-state index contributed by atoms with van der Waals surface area (Å²) in [5.41, 5.74) is 5.75. The lowest BCUT2D eigenvalue weighted by Gasteiger charge is -2.27. The Labute approximate surface area is 139 Å². The van der Waals surface area contributed by atoms with Gasteiger partial charge in [-0.3, -0.25) is 15.2 Å². The van der Waals surface area contributed by atoms with Gasteiger partial charge in [0, 0.05) is 32.4 Å². The molecule has 2 aromatic heterocycles. The van der Waals surface area contributed by atoms with Crippen LogP contribution in [-0.2, 0) is 0 Å². The van der Waals surface area contributed by atoms with E-state index < -0.39 is 0 Å². The minimum atomic E-state index is -0.137. The van der Waals surface area contributed by atoms with Crippen LogP contribution in [0.3, 0.4) is 0 Å². The lowest BCUT2D eigenvalue weighted by atomic mass is 10.2. The molecule has 4 rings (SSSR count). The van der Waals surface area contributed by atoms with Crippen LogP contribution < -0.4 is 10.7 Å². The molecule has 1 saturated heterocycles. The fourth-order valence-corrected chi connectivity index (χ4v) is 2.82. The van der Waals surface area contributed by atoms with E-state index in [1.807, 2.05) is 35.3 Å². The van der Waals surface area contributed by atoms with Gasteiger partial charge in [0.25, 0.3) is 5.91 Å². The molecule has 0 atom stereocenters. The molecule has 1 aliphatic heterocycles. The number of carbonyl (C=O) groups excluding carboxylic acids is 1. The highest BCUT2D eigenvalue weighted by atomic mass is 16.2. The van der Waals surface area contributed by atoms with E-state index in [1.54, 1.807) is 12.3 Å². The molecule has 3 N–H and O–H groups in total. The maximum atomic E-state index is 12.6. The molecule has 0 radical (unpaired) electrons. The van der Waals surface area contributed by atoms with Gasteiger partial charge < -0.3 is 10.3 Å². The molecule has 1 amide bonds. The van der Waals surface area contributed by atoms with Gasteiger partial charge in [-0.15, -0.1) is 0 Å². The number of nitrogens with zero attached hydrogens (tertiary/aromatic N) is 3. The molecule has 3 aromatic rings. The van der Waals surface area contributed by atoms with Gasteiger partial charge in [-0.25, -0.2) is 9.99 Å². The van der Waals surface area contributed by atoms with Crippen LogP contribution in [-0.4, -0.2) is 52.0 Å². The van der Waals surface area contributed by atoms with Crippen molar-refractivity contribution in [2.75, 3.05) is 26.2 Å². The quantitative estimate of drug-likeness (QED) is 0.674. The summed E-state index contributed by atoms with van der Waals surface area (Å²) in [6, 6.07) is 11.2. The Morgan fingerprint density at radius 1 is 1.12 bits per heavy atom. The molecule has 1 aromatic carbocycles.